The second-order valence-corrected chi connectivity index (χ2v) is 20.3. The van der Waals surface area contributed by atoms with E-state index >= 15 is 0 Å². The van der Waals surface area contributed by atoms with Crippen LogP contribution in [0.5, 0.6) is 0 Å². The van der Waals surface area contributed by atoms with Gasteiger partial charge in [-0.15, -0.1) is 0 Å². The molecule has 0 aliphatic carbocycles. The zero-order valence-corrected chi connectivity index (χ0v) is 24.2. The van der Waals surface area contributed by atoms with E-state index in [1.807, 2.05) is 0 Å². The van der Waals surface area contributed by atoms with Gasteiger partial charge in [-0.05, 0) is 0 Å². The maximum atomic E-state index is 3.52. The van der Waals surface area contributed by atoms with E-state index in [1.54, 1.807) is 0 Å². The Bertz CT molecular complexity index is 857. The van der Waals surface area contributed by atoms with E-state index in [0.29, 0.717) is 0 Å². The minimum absolute atomic E-state index is 1.05. The zero-order chi connectivity index (χ0) is 23.3. The molecule has 0 spiro atoms. The van der Waals surface area contributed by atoms with Crippen LogP contribution in [0.3, 0.4) is 0 Å². The average Bonchev–Trinajstić information content (AvgIpc) is 2.89. The summed E-state index contributed by atoms with van der Waals surface area (Å²) in [5, 5.41) is 5.51. The van der Waals surface area contributed by atoms with Crippen molar-refractivity contribution in [3.05, 3.63) is 103 Å². The molecule has 0 nitrogen and oxygen atoms in total. The van der Waals surface area contributed by atoms with Crippen LogP contribution in [0, 0.1) is 0 Å². The van der Waals surface area contributed by atoms with Crippen LogP contribution in [0.2, 0.25) is 0 Å². The van der Waals surface area contributed by atoms with E-state index in [2.05, 4.69) is 141 Å². The molecule has 0 radical (unpaired) electrons. The minimum atomic E-state index is -2.65. The van der Waals surface area contributed by atoms with Gasteiger partial charge >= 0.3 is 208 Å². The number of halogens is 2. The summed E-state index contributed by atoms with van der Waals surface area (Å²) in [6.07, 6.45) is 16.6. The van der Waals surface area contributed by atoms with Gasteiger partial charge in [-0.25, -0.2) is 0 Å². The first-order valence-corrected chi connectivity index (χ1v) is 18.6. The molecule has 3 heteroatoms. The molecular formula is C30H37BrIP. The van der Waals surface area contributed by atoms with Crippen LogP contribution in [0.25, 0.3) is 0 Å². The molecule has 176 valence electrons. The topological polar surface area (TPSA) is 0 Å². The molecular weight excluding hydrogens is 598 g/mol. The third-order valence-corrected chi connectivity index (χ3v) is 18.3. The molecule has 0 unspecified atom stereocenters. The van der Waals surface area contributed by atoms with Crippen molar-refractivity contribution in [3.8, 4) is 0 Å². The first-order chi connectivity index (χ1) is 16.2. The van der Waals surface area contributed by atoms with Crippen molar-refractivity contribution in [3.63, 3.8) is 0 Å². The summed E-state index contributed by atoms with van der Waals surface area (Å²) in [5.74, 6) is 0. The Labute approximate surface area is 222 Å². The number of alkyl halides is 1. The van der Waals surface area contributed by atoms with Crippen molar-refractivity contribution < 1.29 is 0 Å². The molecule has 0 N–H and O–H groups in total. The van der Waals surface area contributed by atoms with Crippen molar-refractivity contribution in [2.24, 2.45) is 0 Å². The van der Waals surface area contributed by atoms with E-state index in [9.17, 15) is 0 Å². The summed E-state index contributed by atoms with van der Waals surface area (Å²) in [5.41, 5.74) is 0. The van der Waals surface area contributed by atoms with Gasteiger partial charge in [0.1, 0.15) is 0 Å². The molecule has 0 heterocycles. The Kier molecular flexibility index (Phi) is 11.1. The quantitative estimate of drug-likeness (QED) is 0.0546. The summed E-state index contributed by atoms with van der Waals surface area (Å²) < 4.78 is -2.65. The van der Waals surface area contributed by atoms with Gasteiger partial charge in [0.15, 0.2) is 0 Å². The van der Waals surface area contributed by atoms with Gasteiger partial charge in [-0.3, -0.25) is 0 Å². The fraction of sp³-hybridized carbons (Fsp3) is 0.333. The van der Waals surface area contributed by atoms with E-state index in [0.717, 1.165) is 11.5 Å². The van der Waals surface area contributed by atoms with Gasteiger partial charge in [0.2, 0.25) is 0 Å². The predicted molar refractivity (Wildman–Crippen MR) is 164 cm³/mol. The Morgan fingerprint density at radius 2 is 0.939 bits per heavy atom. The van der Waals surface area contributed by atoms with Crippen LogP contribution in [-0.2, 0) is 0 Å². The second kappa shape index (κ2) is 13.8. The zero-order valence-electron chi connectivity index (χ0n) is 19.6. The van der Waals surface area contributed by atoms with Crippen LogP contribution in [0.1, 0.15) is 51.4 Å². The number of hydrogen-bond acceptors (Lipinski definition) is 0. The van der Waals surface area contributed by atoms with Crippen molar-refractivity contribution in [2.75, 3.05) is 11.5 Å². The maximum absolute atomic E-state index is 3.52. The van der Waals surface area contributed by atoms with Crippen LogP contribution in [0.15, 0.2) is 103 Å². The standard InChI is InChI=1S/C30H37BrIP/c31-26-18-7-5-3-1-2-4-6-8-19-27-33(32,28-20-12-9-13-21-28,29-22-14-10-15-23-29)30-24-16-11-17-25-30/h8-17,19-25H,1-7,18,26-27H2. The van der Waals surface area contributed by atoms with Gasteiger partial charge in [-0.1, -0.05) is 15.9 Å². The summed E-state index contributed by atoms with van der Waals surface area (Å²) in [6.45, 7) is 0. The summed E-state index contributed by atoms with van der Waals surface area (Å²) in [4.78, 5) is 0. The molecule has 3 rings (SSSR count). The second-order valence-electron chi connectivity index (χ2n) is 8.80. The molecule has 0 amide bonds. The van der Waals surface area contributed by atoms with E-state index in [4.69, 9.17) is 0 Å². The molecule has 0 fully saturated rings. The van der Waals surface area contributed by atoms with Crippen LogP contribution >= 0.6 is 42.2 Å². The van der Waals surface area contributed by atoms with Gasteiger partial charge in [0.05, 0.1) is 0 Å². The number of unbranched alkanes of at least 4 members (excludes halogenated alkanes) is 7. The van der Waals surface area contributed by atoms with E-state index in [1.165, 1.54) is 67.3 Å². The molecule has 3 aromatic carbocycles. The first-order valence-electron chi connectivity index (χ1n) is 12.3. The van der Waals surface area contributed by atoms with Gasteiger partial charge in [0.25, 0.3) is 0 Å². The molecule has 0 atom stereocenters. The number of hydrogen-bond donors (Lipinski definition) is 0. The third kappa shape index (κ3) is 6.80. The van der Waals surface area contributed by atoms with Crippen molar-refractivity contribution in [2.45, 2.75) is 51.4 Å². The summed E-state index contributed by atoms with van der Waals surface area (Å²) in [6, 6.07) is 33.6. The van der Waals surface area contributed by atoms with Crippen molar-refractivity contribution >= 4 is 58.1 Å². The average molecular weight is 635 g/mol. The van der Waals surface area contributed by atoms with E-state index in [-0.39, 0.29) is 0 Å². The molecule has 0 aromatic heterocycles. The van der Waals surface area contributed by atoms with Crippen LogP contribution < -0.4 is 15.9 Å². The number of allylic oxidation sites excluding steroid dienone is 2. The van der Waals surface area contributed by atoms with E-state index < -0.39 is 4.25 Å². The Morgan fingerprint density at radius 3 is 1.36 bits per heavy atom. The first kappa shape index (κ1) is 26.6. The fourth-order valence-corrected chi connectivity index (χ4v) is 13.0. The van der Waals surface area contributed by atoms with Crippen molar-refractivity contribution in [1.29, 1.82) is 0 Å². The molecule has 0 saturated carbocycles. The summed E-state index contributed by atoms with van der Waals surface area (Å²) >= 11 is 6.40. The molecule has 33 heavy (non-hydrogen) atoms. The molecule has 0 aliphatic rings. The predicted octanol–water partition coefficient (Wildman–Crippen LogP) is 8.94. The molecule has 0 aliphatic heterocycles. The van der Waals surface area contributed by atoms with Crippen molar-refractivity contribution in [1.82, 2.24) is 0 Å². The van der Waals surface area contributed by atoms with Gasteiger partial charge in [0, 0.05) is 0 Å². The van der Waals surface area contributed by atoms with Crippen LogP contribution in [-0.4, -0.2) is 11.5 Å². The van der Waals surface area contributed by atoms with Gasteiger partial charge < -0.3 is 0 Å². The fourth-order valence-electron chi connectivity index (χ4n) is 4.61. The SMILES string of the molecule is BrCCCCCCCCCC=CCP(I)(c1ccccc1)(c1ccccc1)c1ccccc1. The molecule has 0 bridgehead atoms. The molecule has 0 saturated heterocycles. The Balaban J connectivity index is 1.79. The third-order valence-electron chi connectivity index (χ3n) is 6.50. The monoisotopic (exact) mass is 634 g/mol. The number of rotatable bonds is 14. The number of benzene rings is 3. The molecule has 3 aromatic rings. The van der Waals surface area contributed by atoms with Gasteiger partial charge in [-0.2, -0.15) is 0 Å². The Morgan fingerprint density at radius 1 is 0.545 bits per heavy atom. The van der Waals surface area contributed by atoms with Crippen LogP contribution in [0.4, 0.5) is 0 Å². The Hall–Kier alpha value is -0.960. The normalized spacial score (nSPS) is 13.1. The summed E-state index contributed by atoms with van der Waals surface area (Å²) in [7, 11) is 0.